The van der Waals surface area contributed by atoms with E-state index < -0.39 is 4.87 Å². The van der Waals surface area contributed by atoms with Crippen molar-refractivity contribution in [1.82, 2.24) is 4.90 Å². The molecule has 1 fully saturated rings. The molecule has 1 atom stereocenters. The van der Waals surface area contributed by atoms with Crippen LogP contribution in [0, 0.1) is 13.8 Å². The zero-order chi connectivity index (χ0) is 23.2. The third-order valence-electron chi connectivity index (χ3n) is 6.35. The highest BCUT2D eigenvalue weighted by Crippen LogP contribution is 2.55. The molecule has 0 bridgehead atoms. The van der Waals surface area contributed by atoms with E-state index in [1.807, 2.05) is 36.1 Å². The summed E-state index contributed by atoms with van der Waals surface area (Å²) in [5.41, 5.74) is 5.64. The molecule has 3 aromatic rings. The number of nitrogens with zero attached hydrogens (tertiary/aromatic N) is 2. The van der Waals surface area contributed by atoms with E-state index in [2.05, 4.69) is 25.1 Å². The standard InChI is InChI=1S/C27H26N2O3S/c1-18-5-4-6-20(15-18)17-28-24-12-7-19(2)16-23(24)27(26(28)31)29(13-14-33-27)25(30)21-8-10-22(32-3)11-9-21/h4-12,15-16H,13-14,17H2,1-3H3/t27-/m1/s1. The molecule has 1 saturated heterocycles. The van der Waals surface area contributed by atoms with Crippen LogP contribution >= 0.6 is 11.8 Å². The predicted molar refractivity (Wildman–Crippen MR) is 132 cm³/mol. The van der Waals surface area contributed by atoms with Gasteiger partial charge in [0.15, 0.2) is 4.87 Å². The monoisotopic (exact) mass is 458 g/mol. The van der Waals surface area contributed by atoms with Gasteiger partial charge in [0.05, 0.1) is 19.3 Å². The maximum Gasteiger partial charge on any atom is 0.268 e. The molecular formula is C27H26N2O3S. The molecule has 3 aromatic carbocycles. The van der Waals surface area contributed by atoms with E-state index in [0.717, 1.165) is 27.9 Å². The van der Waals surface area contributed by atoms with Crippen LogP contribution in [0.3, 0.4) is 0 Å². The van der Waals surface area contributed by atoms with E-state index in [1.165, 1.54) is 0 Å². The molecule has 2 aliphatic heterocycles. The highest BCUT2D eigenvalue weighted by molar-refractivity contribution is 8.01. The first-order valence-corrected chi connectivity index (χ1v) is 12.0. The molecule has 6 heteroatoms. The van der Waals surface area contributed by atoms with Crippen molar-refractivity contribution in [3.63, 3.8) is 0 Å². The maximum atomic E-state index is 14.1. The Hall–Kier alpha value is -3.25. The molecule has 2 amide bonds. The van der Waals surface area contributed by atoms with Crippen molar-refractivity contribution in [3.05, 3.63) is 94.5 Å². The number of methoxy groups -OCH3 is 1. The van der Waals surface area contributed by atoms with Gasteiger partial charge in [0, 0.05) is 23.4 Å². The van der Waals surface area contributed by atoms with Crippen molar-refractivity contribution in [2.45, 2.75) is 25.3 Å². The fraction of sp³-hybridized carbons (Fsp3) is 0.259. The Morgan fingerprint density at radius 2 is 1.79 bits per heavy atom. The van der Waals surface area contributed by atoms with E-state index in [-0.39, 0.29) is 11.8 Å². The van der Waals surface area contributed by atoms with Crippen molar-refractivity contribution < 1.29 is 14.3 Å². The largest absolute Gasteiger partial charge is 0.497 e. The number of carbonyl (C=O) groups excluding carboxylic acids is 2. The summed E-state index contributed by atoms with van der Waals surface area (Å²) in [5.74, 6) is 1.22. The molecular weight excluding hydrogens is 432 g/mol. The van der Waals surface area contributed by atoms with E-state index in [1.54, 1.807) is 48.0 Å². The fourth-order valence-corrected chi connectivity index (χ4v) is 6.22. The zero-order valence-corrected chi connectivity index (χ0v) is 19.8. The van der Waals surface area contributed by atoms with Crippen LogP contribution in [0.2, 0.25) is 0 Å². The van der Waals surface area contributed by atoms with Crippen molar-refractivity contribution in [2.75, 3.05) is 24.3 Å². The molecule has 0 N–H and O–H groups in total. The van der Waals surface area contributed by atoms with Gasteiger partial charge >= 0.3 is 0 Å². The normalized spacial score (nSPS) is 19.3. The summed E-state index contributed by atoms with van der Waals surface area (Å²) >= 11 is 1.56. The molecule has 1 spiro atoms. The lowest BCUT2D eigenvalue weighted by molar-refractivity contribution is -0.123. The summed E-state index contributed by atoms with van der Waals surface area (Å²) in [5, 5.41) is 0. The average Bonchev–Trinajstić information content (AvgIpc) is 3.36. The quantitative estimate of drug-likeness (QED) is 0.558. The van der Waals surface area contributed by atoms with E-state index in [4.69, 9.17) is 4.74 Å². The van der Waals surface area contributed by atoms with E-state index >= 15 is 0 Å². The third kappa shape index (κ3) is 3.49. The Balaban J connectivity index is 1.57. The number of thioether (sulfide) groups is 1. The average molecular weight is 459 g/mol. The predicted octanol–water partition coefficient (Wildman–Crippen LogP) is 4.90. The lowest BCUT2D eigenvalue weighted by Gasteiger charge is -2.33. The van der Waals surface area contributed by atoms with Crippen LogP contribution in [0.15, 0.2) is 66.7 Å². The SMILES string of the molecule is COc1ccc(C(=O)N2CCS[C@]23C(=O)N(Cc2cccc(C)c2)c2ccc(C)cc23)cc1. The first-order chi connectivity index (χ1) is 15.9. The zero-order valence-electron chi connectivity index (χ0n) is 19.0. The molecule has 5 nitrogen and oxygen atoms in total. The van der Waals surface area contributed by atoms with Crippen LogP contribution < -0.4 is 9.64 Å². The number of rotatable bonds is 4. The summed E-state index contributed by atoms with van der Waals surface area (Å²) < 4.78 is 5.23. The van der Waals surface area contributed by atoms with Crippen molar-refractivity contribution in [2.24, 2.45) is 0 Å². The molecule has 168 valence electrons. The van der Waals surface area contributed by atoms with Gasteiger partial charge in [-0.15, -0.1) is 11.8 Å². The van der Waals surface area contributed by atoms with Crippen molar-refractivity contribution in [1.29, 1.82) is 0 Å². The second-order valence-electron chi connectivity index (χ2n) is 8.58. The smallest absolute Gasteiger partial charge is 0.268 e. The summed E-state index contributed by atoms with van der Waals surface area (Å²) in [6.07, 6.45) is 0. The van der Waals surface area contributed by atoms with Gasteiger partial charge in [-0.3, -0.25) is 9.59 Å². The molecule has 0 aromatic heterocycles. The minimum absolute atomic E-state index is 0.0473. The van der Waals surface area contributed by atoms with E-state index in [9.17, 15) is 9.59 Å². The second kappa shape index (κ2) is 8.27. The molecule has 33 heavy (non-hydrogen) atoms. The number of amides is 2. The molecule has 0 radical (unpaired) electrons. The van der Waals surface area contributed by atoms with Crippen LogP contribution in [-0.2, 0) is 16.2 Å². The fourth-order valence-electron chi connectivity index (χ4n) is 4.77. The van der Waals surface area contributed by atoms with Crippen molar-refractivity contribution >= 4 is 29.3 Å². The molecule has 5 rings (SSSR count). The lowest BCUT2D eigenvalue weighted by atomic mass is 10.0. The Labute approximate surface area is 198 Å². The number of benzene rings is 3. The van der Waals surface area contributed by atoms with Gasteiger partial charge in [0.25, 0.3) is 11.8 Å². The van der Waals surface area contributed by atoms with Crippen LogP contribution in [0.4, 0.5) is 5.69 Å². The number of carbonyl (C=O) groups is 2. The highest BCUT2D eigenvalue weighted by Gasteiger charge is 2.59. The first kappa shape index (κ1) is 21.6. The summed E-state index contributed by atoms with van der Waals surface area (Å²) in [4.78, 5) is 30.3. The van der Waals surface area contributed by atoms with Gasteiger partial charge in [0.2, 0.25) is 0 Å². The van der Waals surface area contributed by atoms with Crippen molar-refractivity contribution in [3.8, 4) is 5.75 Å². The molecule has 0 aliphatic carbocycles. The van der Waals surface area contributed by atoms with Gasteiger partial charge in [-0.05, 0) is 49.7 Å². The Morgan fingerprint density at radius 3 is 2.52 bits per heavy atom. The minimum atomic E-state index is -1.04. The number of fused-ring (bicyclic) bond motifs is 2. The number of ether oxygens (including phenoxy) is 1. The van der Waals surface area contributed by atoms with E-state index in [0.29, 0.717) is 30.2 Å². The number of hydrogen-bond acceptors (Lipinski definition) is 4. The van der Waals surface area contributed by atoms with Crippen LogP contribution in [0.25, 0.3) is 0 Å². The third-order valence-corrected chi connectivity index (χ3v) is 7.77. The van der Waals surface area contributed by atoms with Crippen LogP contribution in [0.1, 0.15) is 32.6 Å². The van der Waals surface area contributed by atoms with Gasteiger partial charge < -0.3 is 14.5 Å². The molecule has 0 unspecified atom stereocenters. The summed E-state index contributed by atoms with van der Waals surface area (Å²) in [7, 11) is 1.60. The van der Waals surface area contributed by atoms with Crippen LogP contribution in [0.5, 0.6) is 5.75 Å². The van der Waals surface area contributed by atoms with Gasteiger partial charge in [-0.2, -0.15) is 0 Å². The Morgan fingerprint density at radius 1 is 1.03 bits per heavy atom. The number of hydrogen-bond donors (Lipinski definition) is 0. The molecule has 2 aliphatic rings. The number of anilines is 1. The summed E-state index contributed by atoms with van der Waals surface area (Å²) in [6, 6.07) is 21.4. The minimum Gasteiger partial charge on any atom is -0.497 e. The van der Waals surface area contributed by atoms with Gasteiger partial charge in [0.1, 0.15) is 5.75 Å². The summed E-state index contributed by atoms with van der Waals surface area (Å²) in [6.45, 7) is 5.07. The molecule has 0 saturated carbocycles. The Bertz CT molecular complexity index is 1240. The van der Waals surface area contributed by atoms with Crippen LogP contribution in [-0.4, -0.2) is 36.1 Å². The highest BCUT2D eigenvalue weighted by atomic mass is 32.2. The second-order valence-corrected chi connectivity index (χ2v) is 9.87. The molecule has 2 heterocycles. The first-order valence-electron chi connectivity index (χ1n) is 11.0. The Kier molecular flexibility index (Phi) is 5.41. The topological polar surface area (TPSA) is 49.9 Å². The maximum absolute atomic E-state index is 14.1. The lowest BCUT2D eigenvalue weighted by Crippen LogP contribution is -2.50. The van der Waals surface area contributed by atoms with Gasteiger partial charge in [-0.25, -0.2) is 0 Å². The number of aryl methyl sites for hydroxylation is 2. The van der Waals surface area contributed by atoms with Gasteiger partial charge in [-0.1, -0.05) is 47.5 Å².